The van der Waals surface area contributed by atoms with Crippen LogP contribution >= 0.6 is 15.9 Å². The van der Waals surface area contributed by atoms with Gasteiger partial charge in [0.15, 0.2) is 0 Å². The minimum absolute atomic E-state index is 0.322. The molecule has 0 saturated carbocycles. The smallest absolute Gasteiger partial charge is 0.0766 e. The fourth-order valence-electron chi connectivity index (χ4n) is 3.19. The number of hydrogen-bond acceptors (Lipinski definition) is 2. The van der Waals surface area contributed by atoms with Gasteiger partial charge in [0.2, 0.25) is 0 Å². The Morgan fingerprint density at radius 1 is 1.24 bits per heavy atom. The fraction of sp³-hybridized carbons (Fsp3) is 0.471. The van der Waals surface area contributed by atoms with Crippen LogP contribution in [-0.2, 0) is 26.3 Å². The predicted octanol–water partition coefficient (Wildman–Crippen LogP) is 3.12. The highest BCUT2D eigenvalue weighted by atomic mass is 79.9. The lowest BCUT2D eigenvalue weighted by molar-refractivity contribution is 0.163. The van der Waals surface area contributed by atoms with Crippen molar-refractivity contribution in [1.82, 2.24) is 15.1 Å². The van der Waals surface area contributed by atoms with Crippen LogP contribution < -0.4 is 5.32 Å². The SMILES string of the molecule is CCc1nn(C)c(CC2(Cc3ccccc3)CNC2)c1Br. The zero-order valence-corrected chi connectivity index (χ0v) is 14.3. The number of nitrogens with one attached hydrogen (secondary N) is 1. The van der Waals surface area contributed by atoms with Crippen molar-refractivity contribution in [2.45, 2.75) is 26.2 Å². The van der Waals surface area contributed by atoms with E-state index < -0.39 is 0 Å². The van der Waals surface area contributed by atoms with Crippen molar-refractivity contribution in [1.29, 1.82) is 0 Å². The summed E-state index contributed by atoms with van der Waals surface area (Å²) < 4.78 is 3.25. The molecule has 0 atom stereocenters. The van der Waals surface area contributed by atoms with E-state index in [2.05, 4.69) is 70.6 Å². The first-order valence-corrected chi connectivity index (χ1v) is 8.38. The monoisotopic (exact) mass is 347 g/mol. The highest BCUT2D eigenvalue weighted by Crippen LogP contribution is 2.35. The molecule has 1 aliphatic heterocycles. The zero-order chi connectivity index (χ0) is 14.9. The Labute approximate surface area is 134 Å². The van der Waals surface area contributed by atoms with Gasteiger partial charge in [0.05, 0.1) is 15.9 Å². The molecule has 21 heavy (non-hydrogen) atoms. The molecule has 1 aromatic carbocycles. The Kier molecular flexibility index (Phi) is 4.18. The van der Waals surface area contributed by atoms with Crippen molar-refractivity contribution in [3.63, 3.8) is 0 Å². The van der Waals surface area contributed by atoms with E-state index in [-0.39, 0.29) is 0 Å². The second kappa shape index (κ2) is 5.93. The van der Waals surface area contributed by atoms with Crippen LogP contribution in [0.2, 0.25) is 0 Å². The van der Waals surface area contributed by atoms with E-state index in [0.29, 0.717) is 5.41 Å². The first-order valence-electron chi connectivity index (χ1n) is 7.58. The highest BCUT2D eigenvalue weighted by molar-refractivity contribution is 9.10. The molecular formula is C17H22BrN3. The van der Waals surface area contributed by atoms with Gasteiger partial charge < -0.3 is 5.32 Å². The summed E-state index contributed by atoms with van der Waals surface area (Å²) in [6, 6.07) is 10.8. The van der Waals surface area contributed by atoms with Crippen LogP contribution in [0.25, 0.3) is 0 Å². The normalized spacial score (nSPS) is 16.7. The third kappa shape index (κ3) is 2.92. The van der Waals surface area contributed by atoms with Crippen LogP contribution in [0.3, 0.4) is 0 Å². The van der Waals surface area contributed by atoms with Crippen molar-refractivity contribution in [3.8, 4) is 0 Å². The molecule has 1 saturated heterocycles. The number of hydrogen-bond donors (Lipinski definition) is 1. The molecule has 0 radical (unpaired) electrons. The predicted molar refractivity (Wildman–Crippen MR) is 89.4 cm³/mol. The average Bonchev–Trinajstić information content (AvgIpc) is 2.73. The number of rotatable bonds is 5. The molecule has 3 nitrogen and oxygen atoms in total. The molecule has 1 aromatic heterocycles. The van der Waals surface area contributed by atoms with Gasteiger partial charge in [-0.3, -0.25) is 4.68 Å². The second-order valence-electron chi connectivity index (χ2n) is 6.13. The van der Waals surface area contributed by atoms with Crippen LogP contribution in [0.15, 0.2) is 34.8 Å². The van der Waals surface area contributed by atoms with Gasteiger partial charge in [0.25, 0.3) is 0 Å². The third-order valence-electron chi connectivity index (χ3n) is 4.47. The average molecular weight is 348 g/mol. The molecule has 1 aliphatic rings. The maximum Gasteiger partial charge on any atom is 0.0766 e. The molecule has 2 aromatic rings. The molecule has 2 heterocycles. The molecule has 0 spiro atoms. The van der Waals surface area contributed by atoms with E-state index >= 15 is 0 Å². The molecule has 0 bridgehead atoms. The van der Waals surface area contributed by atoms with Gasteiger partial charge in [-0.1, -0.05) is 37.3 Å². The lowest BCUT2D eigenvalue weighted by Gasteiger charge is -2.43. The minimum atomic E-state index is 0.322. The van der Waals surface area contributed by atoms with Crippen LogP contribution in [0, 0.1) is 5.41 Å². The number of aromatic nitrogens is 2. The van der Waals surface area contributed by atoms with E-state index in [1.54, 1.807) is 0 Å². The summed E-state index contributed by atoms with van der Waals surface area (Å²) in [7, 11) is 2.06. The van der Waals surface area contributed by atoms with Gasteiger partial charge in [-0.05, 0) is 40.8 Å². The summed E-state index contributed by atoms with van der Waals surface area (Å²) in [5.41, 5.74) is 4.23. The van der Waals surface area contributed by atoms with Crippen LogP contribution in [0.5, 0.6) is 0 Å². The Hall–Kier alpha value is -1.13. The molecule has 3 rings (SSSR count). The summed E-state index contributed by atoms with van der Waals surface area (Å²) in [5.74, 6) is 0. The van der Waals surface area contributed by atoms with Crippen molar-refractivity contribution >= 4 is 15.9 Å². The fourth-order valence-corrected chi connectivity index (χ4v) is 3.94. The quantitative estimate of drug-likeness (QED) is 0.900. The second-order valence-corrected chi connectivity index (χ2v) is 6.92. The highest BCUT2D eigenvalue weighted by Gasteiger charge is 2.38. The molecule has 112 valence electrons. The van der Waals surface area contributed by atoms with E-state index in [0.717, 1.165) is 38.0 Å². The van der Waals surface area contributed by atoms with Gasteiger partial charge in [-0.25, -0.2) is 0 Å². The molecule has 1 fully saturated rings. The van der Waals surface area contributed by atoms with Crippen molar-refractivity contribution in [2.24, 2.45) is 12.5 Å². The molecular weight excluding hydrogens is 326 g/mol. The number of nitrogens with zero attached hydrogens (tertiary/aromatic N) is 2. The third-order valence-corrected chi connectivity index (χ3v) is 5.38. The summed E-state index contributed by atoms with van der Waals surface area (Å²) in [5, 5.41) is 8.08. The number of benzene rings is 1. The van der Waals surface area contributed by atoms with E-state index in [1.807, 2.05) is 4.68 Å². The molecule has 4 heteroatoms. The summed E-state index contributed by atoms with van der Waals surface area (Å²) in [6.45, 7) is 4.32. The van der Waals surface area contributed by atoms with Gasteiger partial charge in [-0.2, -0.15) is 5.10 Å². The maximum atomic E-state index is 4.63. The minimum Gasteiger partial charge on any atom is -0.315 e. The van der Waals surface area contributed by atoms with Gasteiger partial charge >= 0.3 is 0 Å². The molecule has 0 unspecified atom stereocenters. The Morgan fingerprint density at radius 3 is 2.48 bits per heavy atom. The Bertz CT molecular complexity index is 614. The van der Waals surface area contributed by atoms with Crippen LogP contribution in [0.4, 0.5) is 0 Å². The standard InChI is InChI=1S/C17H22BrN3/c1-3-14-16(18)15(21(2)20-14)10-17(11-19-12-17)9-13-7-5-4-6-8-13/h4-8,19H,3,9-12H2,1-2H3. The lowest BCUT2D eigenvalue weighted by Crippen LogP contribution is -2.56. The van der Waals surface area contributed by atoms with Crippen molar-refractivity contribution in [2.75, 3.05) is 13.1 Å². The maximum absolute atomic E-state index is 4.63. The summed E-state index contributed by atoms with van der Waals surface area (Å²) in [4.78, 5) is 0. The first-order chi connectivity index (χ1) is 10.1. The zero-order valence-electron chi connectivity index (χ0n) is 12.7. The Morgan fingerprint density at radius 2 is 1.95 bits per heavy atom. The van der Waals surface area contributed by atoms with E-state index in [1.165, 1.54) is 15.7 Å². The Balaban J connectivity index is 1.83. The summed E-state index contributed by atoms with van der Waals surface area (Å²) >= 11 is 3.75. The van der Waals surface area contributed by atoms with E-state index in [9.17, 15) is 0 Å². The lowest BCUT2D eigenvalue weighted by atomic mass is 9.73. The van der Waals surface area contributed by atoms with E-state index in [4.69, 9.17) is 0 Å². The number of aryl methyl sites for hydroxylation is 2. The van der Waals surface area contributed by atoms with Gasteiger partial charge in [0, 0.05) is 25.6 Å². The largest absolute Gasteiger partial charge is 0.315 e. The van der Waals surface area contributed by atoms with Crippen LogP contribution in [-0.4, -0.2) is 22.9 Å². The molecule has 0 amide bonds. The first kappa shape index (κ1) is 14.8. The van der Waals surface area contributed by atoms with Gasteiger partial charge in [-0.15, -0.1) is 0 Å². The van der Waals surface area contributed by atoms with Gasteiger partial charge in [0.1, 0.15) is 0 Å². The van der Waals surface area contributed by atoms with Crippen molar-refractivity contribution < 1.29 is 0 Å². The summed E-state index contributed by atoms with van der Waals surface area (Å²) in [6.07, 6.45) is 3.16. The van der Waals surface area contributed by atoms with Crippen molar-refractivity contribution in [3.05, 3.63) is 51.8 Å². The topological polar surface area (TPSA) is 29.9 Å². The van der Waals surface area contributed by atoms with Crippen LogP contribution in [0.1, 0.15) is 23.9 Å². The molecule has 1 N–H and O–H groups in total. The molecule has 0 aliphatic carbocycles. The number of halogens is 1.